The average molecular weight is 1830 g/mol. The summed E-state index contributed by atoms with van der Waals surface area (Å²) in [6, 6.07) is 0. The van der Waals surface area contributed by atoms with Crippen molar-refractivity contribution in [2.45, 2.75) is 405 Å². The van der Waals surface area contributed by atoms with Crippen LogP contribution in [0.2, 0.25) is 0 Å². The molecule has 5 aromatic rings. The molecule has 0 amide bonds. The van der Waals surface area contributed by atoms with Crippen LogP contribution in [-0.2, 0) is 139 Å². The first-order valence-corrected chi connectivity index (χ1v) is 47.7. The fraction of sp³-hybridized carbons (Fsp3) is 0.767. The molecule has 14 unspecified atom stereocenters. The van der Waals surface area contributed by atoms with Crippen molar-refractivity contribution >= 4 is 6.20 Å². The van der Waals surface area contributed by atoms with Gasteiger partial charge < -0.3 is 47.4 Å². The largest absolute Gasteiger partial charge is 0.373 e. The highest BCUT2D eigenvalue weighted by Gasteiger charge is 2.38. The number of hydrogen-bond acceptors (Lipinski definition) is 25. The second-order valence-corrected chi connectivity index (χ2v) is 35.4. The van der Waals surface area contributed by atoms with Gasteiger partial charge in [0.2, 0.25) is 0 Å². The molecule has 10 aliphatic rings. The van der Waals surface area contributed by atoms with Crippen molar-refractivity contribution in [2.24, 2.45) is 0 Å². The molecule has 130 heavy (non-hydrogen) atoms. The van der Waals surface area contributed by atoms with Gasteiger partial charge in [0.1, 0.15) is 0 Å². The lowest BCUT2D eigenvalue weighted by Gasteiger charge is -2.14. The molecule has 5 aromatic heterocycles. The van der Waals surface area contributed by atoms with E-state index in [0.29, 0.717) is 169 Å². The summed E-state index contributed by atoms with van der Waals surface area (Å²) in [5.41, 5.74) is -7.78. The number of ether oxygens (including phenoxy) is 10. The maximum atomic E-state index is 12.9. The Morgan fingerprint density at radius 1 is 0.246 bits per heavy atom. The first-order chi connectivity index (χ1) is 62.7. The molecular weight excluding hydrogens is 1690 g/mol. The number of unbranched alkanes of at least 4 members (excludes halogenated alkanes) is 7. The molecule has 10 saturated heterocycles. The van der Waals surface area contributed by atoms with Crippen molar-refractivity contribution in [3.63, 3.8) is 0 Å². The van der Waals surface area contributed by atoms with Gasteiger partial charge in [-0.15, -0.1) is 13.2 Å². The molecule has 0 saturated carbocycles. The summed E-state index contributed by atoms with van der Waals surface area (Å²) in [7, 11) is 0. The van der Waals surface area contributed by atoms with Crippen LogP contribution >= 0.6 is 0 Å². The van der Waals surface area contributed by atoms with Crippen LogP contribution in [0, 0.1) is 0 Å². The van der Waals surface area contributed by atoms with E-state index < -0.39 is 85.3 Å². The van der Waals surface area contributed by atoms with Crippen LogP contribution in [-0.4, -0.2) is 194 Å². The van der Waals surface area contributed by atoms with E-state index >= 15 is 0 Å². The molecule has 0 bridgehead atoms. The Hall–Kier alpha value is -9.13. The molecule has 15 heterocycles. The predicted molar refractivity (Wildman–Crippen MR) is 484 cm³/mol. The van der Waals surface area contributed by atoms with E-state index in [0.717, 1.165) is 137 Å². The van der Waals surface area contributed by atoms with Gasteiger partial charge in [-0.3, -0.25) is 0 Å². The third kappa shape index (κ3) is 30.2. The van der Waals surface area contributed by atoms with Crippen molar-refractivity contribution < 1.29 is 47.4 Å². The van der Waals surface area contributed by atoms with Crippen LogP contribution in [0.4, 0.5) is 0 Å². The number of aromatic nitrogens is 15. The standard InChI is InChI=1S/C21H35N3O5.C21H33N3O5.C18H29N3O5.2C15H21N3O5/c2*1-4-5-6-7-12-22-19(25)23(13-8-10-17-15(2)28-17)21(27)24(20(22)26)14-9-11-18-16(3)29-18;1-2-3-4-9-19-16(22)20(10-5-7-14-12-25-14)18(24)21(17(19)23)11-6-8-15-13-26-15;2*1-2-3-6-16-13(19)17(7-4-11-9-22-11)15(21)18(14(16)20)8-5-12-10-23-12/h15-18H,4-14H2,1-3H3;4,15-18H,1,5-14H2,2-3H3;14-15H,2-13H2,1H3;3,6,11-12H,2,4-5,7-10H2,1H3;2,11-12H,1,3-10H2/b;;;6-3+;. The van der Waals surface area contributed by atoms with Gasteiger partial charge in [-0.1, -0.05) is 71.1 Å². The van der Waals surface area contributed by atoms with E-state index in [-0.39, 0.29) is 118 Å². The zero-order valence-corrected chi connectivity index (χ0v) is 77.2. The van der Waals surface area contributed by atoms with Crippen LogP contribution in [0.15, 0.2) is 103 Å². The highest BCUT2D eigenvalue weighted by Crippen LogP contribution is 2.29. The van der Waals surface area contributed by atoms with E-state index in [1.54, 1.807) is 12.2 Å². The second kappa shape index (κ2) is 49.6. The van der Waals surface area contributed by atoms with E-state index in [4.69, 9.17) is 47.4 Å². The van der Waals surface area contributed by atoms with Gasteiger partial charge >= 0.3 is 85.3 Å². The van der Waals surface area contributed by atoms with Crippen LogP contribution in [0.25, 0.3) is 6.20 Å². The average Bonchev–Trinajstić information content (AvgIpc) is 1.70. The highest BCUT2D eigenvalue weighted by atomic mass is 16.6. The quantitative estimate of drug-likeness (QED) is 0.0306. The topological polar surface area (TPSA) is 455 Å². The van der Waals surface area contributed by atoms with E-state index in [2.05, 4.69) is 27.0 Å². The fourth-order valence-electron chi connectivity index (χ4n) is 15.8. The minimum atomic E-state index is -0.593. The Morgan fingerprint density at radius 3 is 0.677 bits per heavy atom. The summed E-state index contributed by atoms with van der Waals surface area (Å²) >= 11 is 0. The number of allylic oxidation sites excluding steroid dienone is 3. The lowest BCUT2D eigenvalue weighted by molar-refractivity contribution is 0.352. The van der Waals surface area contributed by atoms with E-state index in [1.165, 1.54) is 47.3 Å². The first-order valence-electron chi connectivity index (χ1n) is 47.7. The summed E-state index contributed by atoms with van der Waals surface area (Å²) < 4.78 is 70.2. The zero-order valence-electron chi connectivity index (χ0n) is 77.2. The number of rotatable bonds is 55. The van der Waals surface area contributed by atoms with Gasteiger partial charge in [0.25, 0.3) is 0 Å². The Labute approximate surface area is 752 Å². The van der Waals surface area contributed by atoms with Crippen LogP contribution in [0.5, 0.6) is 0 Å². The summed E-state index contributed by atoms with van der Waals surface area (Å²) in [6.45, 7) is 29.9. The van der Waals surface area contributed by atoms with Gasteiger partial charge in [0, 0.05) is 97.8 Å². The van der Waals surface area contributed by atoms with Crippen LogP contribution < -0.4 is 85.3 Å². The molecule has 0 spiro atoms. The second-order valence-electron chi connectivity index (χ2n) is 35.4. The van der Waals surface area contributed by atoms with Crippen molar-refractivity contribution in [2.75, 3.05) is 39.6 Å². The lowest BCUT2D eigenvalue weighted by atomic mass is 10.2. The van der Waals surface area contributed by atoms with Crippen LogP contribution in [0.1, 0.15) is 228 Å². The Balaban J connectivity index is 0.000000158. The first kappa shape index (κ1) is 101. The van der Waals surface area contributed by atoms with Crippen molar-refractivity contribution in [1.29, 1.82) is 0 Å². The molecule has 40 nitrogen and oxygen atoms in total. The Kier molecular flexibility index (Phi) is 38.7. The molecule has 14 atom stereocenters. The molecule has 0 N–H and O–H groups in total. The SMILES string of the molecule is C=CCCCCn1c(=O)n(CCCC2OC2C)c(=O)n(CCCC2OC2C)c1=O.C=CCCn1c(=O)n(CCC2CO2)c(=O)n(CCC2CO2)c1=O.CC/C=C/n1c(=O)n(CCC2CO2)c(=O)n(CCC2CO2)c1=O.CCCCCCn1c(=O)n(CCCC2OC2C)c(=O)n(CCCC2OC2C)c1=O.CCCCCn1c(=O)n(CCCC2CO2)c(=O)n(CCCC2CO2)c1=O. The number of nitrogens with zero attached hydrogens (tertiary/aromatic N) is 15. The van der Waals surface area contributed by atoms with Crippen LogP contribution in [0.3, 0.4) is 0 Å². The van der Waals surface area contributed by atoms with Gasteiger partial charge in [-0.2, -0.15) is 0 Å². The summed E-state index contributed by atoms with van der Waals surface area (Å²) in [5.74, 6) is 0. The molecule has 15 rings (SSSR count). The highest BCUT2D eigenvalue weighted by molar-refractivity contribution is 5.20. The molecule has 0 aliphatic carbocycles. The predicted octanol–water partition coefficient (Wildman–Crippen LogP) is 3.23. The number of hydrogen-bond donors (Lipinski definition) is 0. The lowest BCUT2D eigenvalue weighted by Crippen LogP contribution is -2.54. The molecule has 0 radical (unpaired) electrons. The Morgan fingerprint density at radius 2 is 0.446 bits per heavy atom. The normalized spacial score (nSPS) is 23.4. The van der Waals surface area contributed by atoms with Crippen molar-refractivity contribution in [1.82, 2.24) is 68.5 Å². The maximum absolute atomic E-state index is 12.9. The molecule has 0 aromatic carbocycles. The molecule has 40 heteroatoms. The third-order valence-electron chi connectivity index (χ3n) is 24.9. The summed E-state index contributed by atoms with van der Waals surface area (Å²) in [5, 5.41) is 0. The fourth-order valence-corrected chi connectivity index (χ4v) is 15.8. The maximum Gasteiger partial charge on any atom is 0.340 e. The minimum absolute atomic E-state index is 0.112. The van der Waals surface area contributed by atoms with Gasteiger partial charge in [-0.25, -0.2) is 140 Å². The van der Waals surface area contributed by atoms with Crippen molar-refractivity contribution in [3.05, 3.63) is 189 Å². The molecule has 724 valence electrons. The smallest absolute Gasteiger partial charge is 0.340 e. The van der Waals surface area contributed by atoms with E-state index in [1.807, 2.05) is 40.7 Å². The molecule has 10 aliphatic heterocycles. The Bertz CT molecular complexity index is 5320. The monoisotopic (exact) mass is 1830 g/mol. The van der Waals surface area contributed by atoms with Gasteiger partial charge in [-0.05, 0) is 175 Å². The van der Waals surface area contributed by atoms with Crippen molar-refractivity contribution in [3.8, 4) is 0 Å². The number of epoxide rings is 10. The summed E-state index contributed by atoms with van der Waals surface area (Å²) in [6.07, 6.45) is 31.1. The molecule has 10 fully saturated rings. The van der Waals surface area contributed by atoms with E-state index in [9.17, 15) is 71.9 Å². The third-order valence-corrected chi connectivity index (χ3v) is 24.9. The summed E-state index contributed by atoms with van der Waals surface area (Å²) in [4.78, 5) is 190. The van der Waals surface area contributed by atoms with Gasteiger partial charge in [0.15, 0.2) is 0 Å². The zero-order chi connectivity index (χ0) is 93.2. The van der Waals surface area contributed by atoms with Gasteiger partial charge in [0.05, 0.1) is 125 Å². The molecular formula is C90H139N15O25. The minimum Gasteiger partial charge on any atom is -0.373 e.